The minimum absolute atomic E-state index is 0.00971. The molecule has 0 aromatic rings. The van der Waals surface area contributed by atoms with Gasteiger partial charge in [0.1, 0.15) is 0 Å². The Morgan fingerprint density at radius 2 is 2.28 bits per heavy atom. The summed E-state index contributed by atoms with van der Waals surface area (Å²) in [6.07, 6.45) is 0.0295. The Kier molecular flexibility index (Phi) is 4.15. The fourth-order valence-corrected chi connectivity index (χ4v) is 2.18. The lowest BCUT2D eigenvalue weighted by atomic mass is 10.1. The van der Waals surface area contributed by atoms with Gasteiger partial charge in [0.15, 0.2) is 0 Å². The van der Waals surface area contributed by atoms with Gasteiger partial charge in [0.25, 0.3) is 0 Å². The third kappa shape index (κ3) is 2.98. The first-order valence-electron chi connectivity index (χ1n) is 6.25. The van der Waals surface area contributed by atoms with Crippen molar-refractivity contribution in [2.45, 2.75) is 19.1 Å². The average molecular weight is 256 g/mol. The summed E-state index contributed by atoms with van der Waals surface area (Å²) in [6, 6.07) is -0.304. The Labute approximate surface area is 106 Å². The summed E-state index contributed by atoms with van der Waals surface area (Å²) in [5.41, 5.74) is 5.81. The zero-order valence-electron chi connectivity index (χ0n) is 10.6. The number of ether oxygens (including phenoxy) is 1. The summed E-state index contributed by atoms with van der Waals surface area (Å²) < 4.78 is 5.56. The molecule has 2 atom stereocenters. The summed E-state index contributed by atoms with van der Waals surface area (Å²) in [7, 11) is 0. The van der Waals surface area contributed by atoms with E-state index in [4.69, 9.17) is 10.5 Å². The largest absolute Gasteiger partial charge is 0.374 e. The van der Waals surface area contributed by atoms with Gasteiger partial charge in [0, 0.05) is 32.2 Å². The monoisotopic (exact) mass is 256 g/mol. The molecule has 2 fully saturated rings. The van der Waals surface area contributed by atoms with Crippen molar-refractivity contribution in [2.24, 2.45) is 5.73 Å². The summed E-state index contributed by atoms with van der Waals surface area (Å²) in [4.78, 5) is 26.2. The summed E-state index contributed by atoms with van der Waals surface area (Å²) in [5, 5.41) is 2.51. The molecule has 7 heteroatoms. The highest BCUT2D eigenvalue weighted by atomic mass is 16.5. The maximum absolute atomic E-state index is 11.4. The maximum Gasteiger partial charge on any atom is 0.324 e. The van der Waals surface area contributed by atoms with Crippen molar-refractivity contribution in [3.8, 4) is 0 Å². The van der Waals surface area contributed by atoms with Gasteiger partial charge >= 0.3 is 6.03 Å². The van der Waals surface area contributed by atoms with E-state index in [0.29, 0.717) is 19.7 Å². The predicted octanol–water partition coefficient (Wildman–Crippen LogP) is -1.41. The highest BCUT2D eigenvalue weighted by molar-refractivity contribution is 6.01. The fourth-order valence-electron chi connectivity index (χ4n) is 2.18. The van der Waals surface area contributed by atoms with Crippen molar-refractivity contribution in [1.29, 1.82) is 0 Å². The first-order chi connectivity index (χ1) is 8.58. The average Bonchev–Trinajstić information content (AvgIpc) is 2.67. The van der Waals surface area contributed by atoms with Crippen LogP contribution in [0.1, 0.15) is 6.92 Å². The van der Waals surface area contributed by atoms with Crippen molar-refractivity contribution < 1.29 is 14.3 Å². The first-order valence-corrected chi connectivity index (χ1v) is 6.25. The van der Waals surface area contributed by atoms with E-state index in [0.717, 1.165) is 13.1 Å². The number of hydrogen-bond acceptors (Lipinski definition) is 5. The topological polar surface area (TPSA) is 87.9 Å². The standard InChI is InChI=1S/C11H20N4O3/c1-8(12)9-7-14(4-5-18-9)2-3-15-10(16)6-13-11(15)17/h8-9H,2-7,12H2,1H3,(H,13,17). The van der Waals surface area contributed by atoms with Crippen LogP contribution >= 0.6 is 0 Å². The van der Waals surface area contributed by atoms with Crippen molar-refractivity contribution in [3.05, 3.63) is 0 Å². The molecular formula is C11H20N4O3. The second kappa shape index (κ2) is 5.64. The molecule has 0 bridgehead atoms. The molecule has 3 amide bonds. The Morgan fingerprint density at radius 1 is 1.50 bits per heavy atom. The second-order valence-corrected chi connectivity index (χ2v) is 4.77. The molecule has 2 saturated heterocycles. The molecule has 2 heterocycles. The van der Waals surface area contributed by atoms with E-state index in [1.807, 2.05) is 6.92 Å². The Bertz CT molecular complexity index is 318. The molecule has 2 aliphatic rings. The lowest BCUT2D eigenvalue weighted by Crippen LogP contribution is -2.51. The molecule has 2 rings (SSSR count). The number of imide groups is 1. The first kappa shape index (κ1) is 13.3. The Hall–Kier alpha value is -1.18. The highest BCUT2D eigenvalue weighted by Crippen LogP contribution is 2.08. The van der Waals surface area contributed by atoms with Gasteiger partial charge in [0.05, 0.1) is 19.3 Å². The number of rotatable bonds is 4. The molecule has 7 nitrogen and oxygen atoms in total. The smallest absolute Gasteiger partial charge is 0.324 e. The third-order valence-electron chi connectivity index (χ3n) is 3.34. The number of carbonyl (C=O) groups excluding carboxylic acids is 2. The van der Waals surface area contributed by atoms with Gasteiger partial charge in [-0.25, -0.2) is 4.79 Å². The molecule has 18 heavy (non-hydrogen) atoms. The Morgan fingerprint density at radius 3 is 2.89 bits per heavy atom. The zero-order chi connectivity index (χ0) is 13.1. The fraction of sp³-hybridized carbons (Fsp3) is 0.818. The van der Waals surface area contributed by atoms with Crippen LogP contribution in [0.15, 0.2) is 0 Å². The Balaban J connectivity index is 1.79. The predicted molar refractivity (Wildman–Crippen MR) is 64.9 cm³/mol. The minimum atomic E-state index is -0.294. The van der Waals surface area contributed by atoms with E-state index in [1.165, 1.54) is 4.90 Å². The third-order valence-corrected chi connectivity index (χ3v) is 3.34. The van der Waals surface area contributed by atoms with Gasteiger partial charge in [0.2, 0.25) is 5.91 Å². The van der Waals surface area contributed by atoms with E-state index >= 15 is 0 Å². The van der Waals surface area contributed by atoms with E-state index in [9.17, 15) is 9.59 Å². The van der Waals surface area contributed by atoms with Crippen molar-refractivity contribution in [3.63, 3.8) is 0 Å². The quantitative estimate of drug-likeness (QED) is 0.603. The number of nitrogens with zero attached hydrogens (tertiary/aromatic N) is 2. The molecule has 0 aliphatic carbocycles. The lowest BCUT2D eigenvalue weighted by molar-refractivity contribution is -0.125. The van der Waals surface area contributed by atoms with E-state index in [1.54, 1.807) is 0 Å². The molecule has 0 saturated carbocycles. The maximum atomic E-state index is 11.4. The van der Waals surface area contributed by atoms with Crippen LogP contribution in [-0.4, -0.2) is 73.2 Å². The molecule has 2 unspecified atom stereocenters. The van der Waals surface area contributed by atoms with Crippen LogP contribution < -0.4 is 11.1 Å². The van der Waals surface area contributed by atoms with Crippen LogP contribution in [0.5, 0.6) is 0 Å². The van der Waals surface area contributed by atoms with Gasteiger partial charge in [-0.3, -0.25) is 14.6 Å². The minimum Gasteiger partial charge on any atom is -0.374 e. The van der Waals surface area contributed by atoms with Gasteiger partial charge in [-0.2, -0.15) is 0 Å². The van der Waals surface area contributed by atoms with E-state index in [2.05, 4.69) is 10.2 Å². The zero-order valence-corrected chi connectivity index (χ0v) is 10.6. The molecule has 0 aromatic carbocycles. The number of morpholine rings is 1. The lowest BCUT2D eigenvalue weighted by Gasteiger charge is -2.35. The molecule has 102 valence electrons. The second-order valence-electron chi connectivity index (χ2n) is 4.77. The van der Waals surface area contributed by atoms with E-state index in [-0.39, 0.29) is 30.6 Å². The van der Waals surface area contributed by atoms with Gasteiger partial charge in [-0.1, -0.05) is 0 Å². The number of urea groups is 1. The van der Waals surface area contributed by atoms with Crippen molar-refractivity contribution >= 4 is 11.9 Å². The van der Waals surface area contributed by atoms with Gasteiger partial charge in [-0.05, 0) is 6.92 Å². The summed E-state index contributed by atoms with van der Waals surface area (Å²) in [5.74, 6) is -0.156. The van der Waals surface area contributed by atoms with Gasteiger partial charge in [-0.15, -0.1) is 0 Å². The van der Waals surface area contributed by atoms with Crippen LogP contribution in [0.4, 0.5) is 4.79 Å². The van der Waals surface area contributed by atoms with Crippen LogP contribution in [0.25, 0.3) is 0 Å². The van der Waals surface area contributed by atoms with Crippen LogP contribution in [0.3, 0.4) is 0 Å². The number of hydrogen-bond donors (Lipinski definition) is 2. The molecule has 0 radical (unpaired) electrons. The molecule has 3 N–H and O–H groups in total. The van der Waals surface area contributed by atoms with Crippen LogP contribution in [0.2, 0.25) is 0 Å². The molecule has 0 aromatic heterocycles. The summed E-state index contributed by atoms with van der Waals surface area (Å²) in [6.45, 7) is 5.35. The molecule has 0 spiro atoms. The summed E-state index contributed by atoms with van der Waals surface area (Å²) >= 11 is 0. The number of nitrogens with two attached hydrogens (primary N) is 1. The van der Waals surface area contributed by atoms with E-state index < -0.39 is 0 Å². The van der Waals surface area contributed by atoms with Crippen LogP contribution in [0, 0.1) is 0 Å². The van der Waals surface area contributed by atoms with Crippen LogP contribution in [-0.2, 0) is 9.53 Å². The molecule has 2 aliphatic heterocycles. The highest BCUT2D eigenvalue weighted by Gasteiger charge is 2.29. The normalized spacial score (nSPS) is 27.4. The number of amides is 3. The van der Waals surface area contributed by atoms with Crippen molar-refractivity contribution in [1.82, 2.24) is 15.1 Å². The van der Waals surface area contributed by atoms with Gasteiger partial charge < -0.3 is 15.8 Å². The molecular weight excluding hydrogens is 236 g/mol. The number of carbonyl (C=O) groups is 2. The SMILES string of the molecule is CC(N)C1CN(CCN2C(=O)CNC2=O)CCO1. The van der Waals surface area contributed by atoms with Crippen molar-refractivity contribution in [2.75, 3.05) is 39.3 Å². The number of nitrogens with one attached hydrogen (secondary N) is 1.